The van der Waals surface area contributed by atoms with E-state index in [-0.39, 0.29) is 11.7 Å². The molecule has 0 spiro atoms. The molecule has 0 fully saturated rings. The molecule has 1 aromatic carbocycles. The van der Waals surface area contributed by atoms with Crippen molar-refractivity contribution in [2.24, 2.45) is 0 Å². The monoisotopic (exact) mass is 407 g/mol. The molecular formula is C18H17Cl2N4OS+. The van der Waals surface area contributed by atoms with Gasteiger partial charge in [0.1, 0.15) is 17.6 Å². The highest BCUT2D eigenvalue weighted by atomic mass is 35.5. The van der Waals surface area contributed by atoms with Gasteiger partial charge in [0.05, 0.1) is 46.3 Å². The van der Waals surface area contributed by atoms with Crippen molar-refractivity contribution in [2.75, 3.05) is 24.7 Å². The molecule has 1 aliphatic rings. The molecule has 0 radical (unpaired) electrons. The number of carbonyl (C=O) groups excluding carboxylic acids is 1. The van der Waals surface area contributed by atoms with E-state index in [1.54, 1.807) is 18.2 Å². The lowest BCUT2D eigenvalue weighted by Gasteiger charge is -2.22. The number of rotatable bonds is 4. The van der Waals surface area contributed by atoms with E-state index in [0.29, 0.717) is 26.3 Å². The lowest BCUT2D eigenvalue weighted by Crippen LogP contribution is -3.08. The molecule has 3 rings (SSSR count). The maximum absolute atomic E-state index is 12.3. The van der Waals surface area contributed by atoms with Crippen LogP contribution in [0.3, 0.4) is 0 Å². The quantitative estimate of drug-likeness (QED) is 0.763. The van der Waals surface area contributed by atoms with Crippen molar-refractivity contribution in [2.45, 2.75) is 18.0 Å². The smallest absolute Gasteiger partial charge is 0.234 e. The van der Waals surface area contributed by atoms with Crippen molar-refractivity contribution in [1.29, 1.82) is 5.26 Å². The van der Waals surface area contributed by atoms with Gasteiger partial charge in [-0.25, -0.2) is 4.98 Å². The molecule has 1 aliphatic heterocycles. The fraction of sp³-hybridized carbons (Fsp3) is 0.278. The number of pyridine rings is 1. The van der Waals surface area contributed by atoms with Gasteiger partial charge in [0.2, 0.25) is 5.91 Å². The van der Waals surface area contributed by atoms with Gasteiger partial charge in [-0.1, -0.05) is 41.0 Å². The Hall–Kier alpha value is -1.78. The zero-order valence-electron chi connectivity index (χ0n) is 14.1. The van der Waals surface area contributed by atoms with Gasteiger partial charge in [-0.2, -0.15) is 5.26 Å². The van der Waals surface area contributed by atoms with Gasteiger partial charge in [-0.05, 0) is 18.2 Å². The Morgan fingerprint density at radius 3 is 2.85 bits per heavy atom. The number of amides is 1. The Morgan fingerprint density at radius 2 is 2.15 bits per heavy atom. The number of aromatic nitrogens is 1. The number of benzene rings is 1. The molecule has 0 aliphatic carbocycles. The highest BCUT2D eigenvalue weighted by Gasteiger charge is 2.21. The van der Waals surface area contributed by atoms with Crippen LogP contribution in [-0.2, 0) is 17.8 Å². The largest absolute Gasteiger partial charge is 0.333 e. The highest BCUT2D eigenvalue weighted by molar-refractivity contribution is 8.00. The van der Waals surface area contributed by atoms with Crippen molar-refractivity contribution in [1.82, 2.24) is 4.98 Å². The van der Waals surface area contributed by atoms with E-state index in [4.69, 9.17) is 23.2 Å². The third kappa shape index (κ3) is 4.30. The number of hydrogen-bond donors (Lipinski definition) is 2. The zero-order chi connectivity index (χ0) is 18.7. The van der Waals surface area contributed by atoms with Gasteiger partial charge in [0.15, 0.2) is 0 Å². The normalized spacial score (nSPS) is 15.8. The summed E-state index contributed by atoms with van der Waals surface area (Å²) in [5.74, 6) is -0.134. The van der Waals surface area contributed by atoms with Crippen molar-refractivity contribution >= 4 is 46.6 Å². The molecule has 26 heavy (non-hydrogen) atoms. The number of nitrogens with zero attached hydrogens (tertiary/aromatic N) is 2. The van der Waals surface area contributed by atoms with Crippen LogP contribution in [0.2, 0.25) is 10.0 Å². The van der Waals surface area contributed by atoms with Crippen LogP contribution >= 0.6 is 35.0 Å². The number of fused-ring (bicyclic) bond motifs is 1. The third-order valence-corrected chi connectivity index (χ3v) is 5.75. The van der Waals surface area contributed by atoms with E-state index < -0.39 is 0 Å². The first-order valence-corrected chi connectivity index (χ1v) is 9.83. The summed E-state index contributed by atoms with van der Waals surface area (Å²) in [4.78, 5) is 18.3. The second-order valence-electron chi connectivity index (χ2n) is 6.13. The maximum atomic E-state index is 12.3. The fourth-order valence-corrected chi connectivity index (χ4v) is 4.07. The fourth-order valence-electron chi connectivity index (χ4n) is 2.81. The second-order valence-corrected chi connectivity index (χ2v) is 7.90. The summed E-state index contributed by atoms with van der Waals surface area (Å²) in [6, 6.07) is 9.12. The topological polar surface area (TPSA) is 70.2 Å². The van der Waals surface area contributed by atoms with Gasteiger partial charge in [-0.3, -0.25) is 4.79 Å². The molecule has 1 unspecified atom stereocenters. The minimum atomic E-state index is -0.252. The predicted molar refractivity (Wildman–Crippen MR) is 104 cm³/mol. The average Bonchev–Trinajstić information content (AvgIpc) is 2.62. The molecule has 0 saturated carbocycles. The Kier molecular flexibility index (Phi) is 6.05. The Bertz CT molecular complexity index is 877. The standard InChI is InChI=1S/C18H16Cl2N4OS/c1-24-6-5-15-12(9-24)7-11(8-21)18(22-15)26-10-16(25)23-17-13(19)3-2-4-14(17)20/h2-4,7H,5-6,9-10H2,1H3,(H,23,25)/p+1. The van der Waals surface area contributed by atoms with Crippen LogP contribution in [0.4, 0.5) is 5.69 Å². The van der Waals surface area contributed by atoms with Crippen LogP contribution in [0.25, 0.3) is 0 Å². The Balaban J connectivity index is 1.71. The number of thioether (sulfide) groups is 1. The average molecular weight is 408 g/mol. The first-order valence-electron chi connectivity index (χ1n) is 8.08. The molecule has 0 bridgehead atoms. The molecule has 5 nitrogen and oxygen atoms in total. The van der Waals surface area contributed by atoms with Crippen LogP contribution in [-0.4, -0.2) is 30.2 Å². The molecule has 134 valence electrons. The molecule has 2 aromatic rings. The summed E-state index contributed by atoms with van der Waals surface area (Å²) >= 11 is 13.4. The third-order valence-electron chi connectivity index (χ3n) is 4.12. The van der Waals surface area contributed by atoms with E-state index in [0.717, 1.165) is 30.8 Å². The number of halogens is 2. The number of anilines is 1. The molecule has 2 heterocycles. The summed E-state index contributed by atoms with van der Waals surface area (Å²) in [7, 11) is 2.13. The van der Waals surface area contributed by atoms with Crippen LogP contribution < -0.4 is 10.2 Å². The van der Waals surface area contributed by atoms with Crippen LogP contribution in [0.1, 0.15) is 16.8 Å². The number of hydrogen-bond acceptors (Lipinski definition) is 4. The van der Waals surface area contributed by atoms with E-state index in [1.165, 1.54) is 16.7 Å². The lowest BCUT2D eigenvalue weighted by molar-refractivity contribution is -0.895. The molecule has 1 atom stereocenters. The highest BCUT2D eigenvalue weighted by Crippen LogP contribution is 2.30. The number of likely N-dealkylation sites (N-methyl/N-ethyl adjacent to an activating group) is 1. The minimum Gasteiger partial charge on any atom is -0.333 e. The van der Waals surface area contributed by atoms with Crippen LogP contribution in [0.15, 0.2) is 29.3 Å². The Labute approximate surface area is 166 Å². The lowest BCUT2D eigenvalue weighted by atomic mass is 10.0. The van der Waals surface area contributed by atoms with Crippen LogP contribution in [0, 0.1) is 11.3 Å². The van der Waals surface area contributed by atoms with Gasteiger partial charge < -0.3 is 10.2 Å². The first-order chi connectivity index (χ1) is 12.5. The molecule has 1 amide bonds. The number of carbonyl (C=O) groups is 1. The van der Waals surface area contributed by atoms with Gasteiger partial charge in [0, 0.05) is 12.0 Å². The molecular weight excluding hydrogens is 391 g/mol. The summed E-state index contributed by atoms with van der Waals surface area (Å²) in [6.07, 6.45) is 0.877. The van der Waals surface area contributed by atoms with Crippen molar-refractivity contribution in [3.8, 4) is 6.07 Å². The zero-order valence-corrected chi connectivity index (χ0v) is 16.4. The van der Waals surface area contributed by atoms with E-state index in [2.05, 4.69) is 23.4 Å². The molecule has 8 heteroatoms. The number of para-hydroxylation sites is 1. The van der Waals surface area contributed by atoms with Gasteiger partial charge in [-0.15, -0.1) is 0 Å². The van der Waals surface area contributed by atoms with Gasteiger partial charge >= 0.3 is 0 Å². The SMILES string of the molecule is C[NH+]1CCc2nc(SCC(=O)Nc3c(Cl)cccc3Cl)c(C#N)cc2C1. The maximum Gasteiger partial charge on any atom is 0.234 e. The minimum absolute atomic E-state index is 0.118. The second kappa shape index (κ2) is 8.28. The Morgan fingerprint density at radius 1 is 1.42 bits per heavy atom. The first kappa shape index (κ1) is 19.0. The summed E-state index contributed by atoms with van der Waals surface area (Å²) in [5.41, 5.74) is 3.03. The summed E-state index contributed by atoms with van der Waals surface area (Å²) in [5, 5.41) is 13.5. The van der Waals surface area contributed by atoms with E-state index in [9.17, 15) is 10.1 Å². The van der Waals surface area contributed by atoms with E-state index in [1.807, 2.05) is 6.07 Å². The number of nitriles is 1. The number of quaternary nitrogens is 1. The molecule has 0 saturated heterocycles. The molecule has 2 N–H and O–H groups in total. The van der Waals surface area contributed by atoms with Crippen molar-refractivity contribution in [3.63, 3.8) is 0 Å². The molecule has 1 aromatic heterocycles. The van der Waals surface area contributed by atoms with Crippen LogP contribution in [0.5, 0.6) is 0 Å². The van der Waals surface area contributed by atoms with Crippen molar-refractivity contribution in [3.05, 3.63) is 51.1 Å². The summed E-state index contributed by atoms with van der Waals surface area (Å²) < 4.78 is 0. The van der Waals surface area contributed by atoms with E-state index >= 15 is 0 Å². The summed E-state index contributed by atoms with van der Waals surface area (Å²) in [6.45, 7) is 1.88. The predicted octanol–water partition coefficient (Wildman–Crippen LogP) is 2.56. The number of nitrogens with one attached hydrogen (secondary N) is 2. The van der Waals surface area contributed by atoms with Crippen molar-refractivity contribution < 1.29 is 9.69 Å². The van der Waals surface area contributed by atoms with Gasteiger partial charge in [0.25, 0.3) is 0 Å².